The molecule has 0 radical (unpaired) electrons. The Morgan fingerprint density at radius 3 is 2.67 bits per heavy atom. The van der Waals surface area contributed by atoms with Gasteiger partial charge in [0.2, 0.25) is 5.91 Å². The SMILES string of the molecule is CCC(C)N1CCN(c2cc(C(F)(F)F)ccn2)C(=O)C1. The molecular formula is C14H18F3N3O. The first-order valence-corrected chi connectivity index (χ1v) is 6.90. The van der Waals surface area contributed by atoms with Crippen LogP contribution in [0.4, 0.5) is 19.0 Å². The van der Waals surface area contributed by atoms with Gasteiger partial charge in [0.25, 0.3) is 0 Å². The second-order valence-corrected chi connectivity index (χ2v) is 5.17. The number of alkyl halides is 3. The van der Waals surface area contributed by atoms with Crippen molar-refractivity contribution in [3.05, 3.63) is 23.9 Å². The largest absolute Gasteiger partial charge is 0.416 e. The Kier molecular flexibility index (Phi) is 4.51. The monoisotopic (exact) mass is 301 g/mol. The number of hydrogen-bond donors (Lipinski definition) is 0. The van der Waals surface area contributed by atoms with Crippen LogP contribution in [-0.2, 0) is 11.0 Å². The average Bonchev–Trinajstić information content (AvgIpc) is 2.45. The van der Waals surface area contributed by atoms with E-state index < -0.39 is 11.7 Å². The standard InChI is InChI=1S/C14H18F3N3O/c1-3-10(2)19-6-7-20(13(21)9-19)12-8-11(4-5-18-12)14(15,16)17/h4-5,8,10H,3,6-7,9H2,1-2H3. The van der Waals surface area contributed by atoms with Gasteiger partial charge in [-0.25, -0.2) is 4.98 Å². The molecule has 1 aromatic rings. The smallest absolute Gasteiger partial charge is 0.294 e. The zero-order chi connectivity index (χ0) is 15.6. The van der Waals surface area contributed by atoms with Crippen molar-refractivity contribution in [3.8, 4) is 0 Å². The van der Waals surface area contributed by atoms with Gasteiger partial charge < -0.3 is 0 Å². The topological polar surface area (TPSA) is 36.4 Å². The molecule has 1 saturated heterocycles. The molecule has 2 heterocycles. The van der Waals surface area contributed by atoms with Gasteiger partial charge in [-0.2, -0.15) is 13.2 Å². The number of piperazine rings is 1. The van der Waals surface area contributed by atoms with Crippen LogP contribution in [0.25, 0.3) is 0 Å². The van der Waals surface area contributed by atoms with Crippen LogP contribution in [0.15, 0.2) is 18.3 Å². The van der Waals surface area contributed by atoms with Gasteiger partial charge in [-0.15, -0.1) is 0 Å². The number of carbonyl (C=O) groups is 1. The number of amides is 1. The zero-order valence-electron chi connectivity index (χ0n) is 12.0. The van der Waals surface area contributed by atoms with Gasteiger partial charge in [0.05, 0.1) is 12.1 Å². The lowest BCUT2D eigenvalue weighted by Crippen LogP contribution is -2.53. The average molecular weight is 301 g/mol. The van der Waals surface area contributed by atoms with Crippen LogP contribution >= 0.6 is 0 Å². The lowest BCUT2D eigenvalue weighted by Gasteiger charge is -2.36. The molecule has 0 aromatic carbocycles. The molecule has 0 spiro atoms. The van der Waals surface area contributed by atoms with Crippen LogP contribution in [0, 0.1) is 0 Å². The van der Waals surface area contributed by atoms with Crippen LogP contribution in [0.1, 0.15) is 25.8 Å². The van der Waals surface area contributed by atoms with E-state index in [1.807, 2.05) is 18.7 Å². The van der Waals surface area contributed by atoms with Crippen molar-refractivity contribution < 1.29 is 18.0 Å². The molecule has 1 atom stereocenters. The summed E-state index contributed by atoms with van der Waals surface area (Å²) in [6, 6.07) is 2.12. The molecule has 116 valence electrons. The quantitative estimate of drug-likeness (QED) is 0.861. The summed E-state index contributed by atoms with van der Waals surface area (Å²) in [6.45, 7) is 5.28. The first-order chi connectivity index (χ1) is 9.82. The summed E-state index contributed by atoms with van der Waals surface area (Å²) in [6.07, 6.45) is -2.42. The summed E-state index contributed by atoms with van der Waals surface area (Å²) in [4.78, 5) is 19.4. The Labute approximate surface area is 121 Å². The summed E-state index contributed by atoms with van der Waals surface area (Å²) in [5.74, 6) is -0.146. The number of halogens is 3. The summed E-state index contributed by atoms with van der Waals surface area (Å²) in [7, 11) is 0. The second-order valence-electron chi connectivity index (χ2n) is 5.17. The molecule has 0 bridgehead atoms. The molecule has 7 heteroatoms. The van der Waals surface area contributed by atoms with E-state index >= 15 is 0 Å². The van der Waals surface area contributed by atoms with Crippen LogP contribution in [0.5, 0.6) is 0 Å². The molecule has 1 unspecified atom stereocenters. The first kappa shape index (κ1) is 15.8. The van der Waals surface area contributed by atoms with Crippen LogP contribution in [-0.4, -0.2) is 41.5 Å². The van der Waals surface area contributed by atoms with Gasteiger partial charge in [0.1, 0.15) is 5.82 Å². The fourth-order valence-electron chi connectivity index (χ4n) is 2.31. The molecule has 0 N–H and O–H groups in total. The van der Waals surface area contributed by atoms with E-state index in [4.69, 9.17) is 0 Å². The highest BCUT2D eigenvalue weighted by Crippen LogP contribution is 2.31. The van der Waals surface area contributed by atoms with E-state index in [2.05, 4.69) is 4.98 Å². The number of hydrogen-bond acceptors (Lipinski definition) is 3. The summed E-state index contributed by atoms with van der Waals surface area (Å²) in [5.41, 5.74) is -0.787. The molecule has 1 aliphatic rings. The maximum atomic E-state index is 12.7. The first-order valence-electron chi connectivity index (χ1n) is 6.90. The number of aromatic nitrogens is 1. The molecule has 1 fully saturated rings. The van der Waals surface area contributed by atoms with Crippen molar-refractivity contribution in [2.45, 2.75) is 32.5 Å². The molecule has 0 aliphatic carbocycles. The minimum atomic E-state index is -4.43. The van der Waals surface area contributed by atoms with Crippen LogP contribution in [0.3, 0.4) is 0 Å². The van der Waals surface area contributed by atoms with Gasteiger partial charge >= 0.3 is 6.18 Å². The maximum absolute atomic E-state index is 12.7. The van der Waals surface area contributed by atoms with E-state index in [-0.39, 0.29) is 24.3 Å². The molecule has 4 nitrogen and oxygen atoms in total. The Balaban J connectivity index is 2.15. The molecule has 1 aliphatic heterocycles. The van der Waals surface area contributed by atoms with Crippen molar-refractivity contribution in [2.24, 2.45) is 0 Å². The normalized spacial score (nSPS) is 18.9. The van der Waals surface area contributed by atoms with Gasteiger partial charge in [-0.1, -0.05) is 6.92 Å². The second kappa shape index (κ2) is 6.01. The van der Waals surface area contributed by atoms with E-state index in [9.17, 15) is 18.0 Å². The maximum Gasteiger partial charge on any atom is 0.416 e. The van der Waals surface area contributed by atoms with E-state index in [0.717, 1.165) is 24.8 Å². The highest BCUT2D eigenvalue weighted by Gasteiger charge is 2.33. The van der Waals surface area contributed by atoms with Gasteiger partial charge in [-0.05, 0) is 25.5 Å². The Morgan fingerprint density at radius 1 is 1.38 bits per heavy atom. The number of pyridine rings is 1. The molecule has 0 saturated carbocycles. The van der Waals surface area contributed by atoms with Crippen molar-refractivity contribution >= 4 is 11.7 Å². The lowest BCUT2D eigenvalue weighted by atomic mass is 10.1. The molecular weight excluding hydrogens is 283 g/mol. The van der Waals surface area contributed by atoms with Crippen molar-refractivity contribution in [2.75, 3.05) is 24.5 Å². The summed E-state index contributed by atoms with van der Waals surface area (Å²) < 4.78 is 38.1. The third kappa shape index (κ3) is 3.53. The molecule has 21 heavy (non-hydrogen) atoms. The molecule has 1 amide bonds. The van der Waals surface area contributed by atoms with Crippen molar-refractivity contribution in [3.63, 3.8) is 0 Å². The van der Waals surface area contributed by atoms with E-state index in [1.165, 1.54) is 4.90 Å². The van der Waals surface area contributed by atoms with Gasteiger partial charge in [0, 0.05) is 25.3 Å². The lowest BCUT2D eigenvalue weighted by molar-refractivity contribution is -0.137. The Hall–Kier alpha value is -1.63. The number of nitrogens with zero attached hydrogens (tertiary/aromatic N) is 3. The highest BCUT2D eigenvalue weighted by molar-refractivity contribution is 5.94. The van der Waals surface area contributed by atoms with Gasteiger partial charge in [0.15, 0.2) is 0 Å². The predicted octanol–water partition coefficient (Wildman–Crippen LogP) is 2.55. The molecule has 1 aromatic heterocycles. The van der Waals surface area contributed by atoms with Crippen LogP contribution in [0.2, 0.25) is 0 Å². The third-order valence-corrected chi connectivity index (χ3v) is 3.81. The predicted molar refractivity (Wildman–Crippen MR) is 72.9 cm³/mol. The van der Waals surface area contributed by atoms with E-state index in [0.29, 0.717) is 13.1 Å². The van der Waals surface area contributed by atoms with E-state index in [1.54, 1.807) is 0 Å². The number of rotatable bonds is 3. The number of carbonyl (C=O) groups excluding carboxylic acids is 1. The third-order valence-electron chi connectivity index (χ3n) is 3.81. The summed E-state index contributed by atoms with van der Waals surface area (Å²) in [5, 5.41) is 0. The molecule has 2 rings (SSSR count). The fraction of sp³-hybridized carbons (Fsp3) is 0.571. The minimum Gasteiger partial charge on any atom is -0.294 e. The number of anilines is 1. The highest BCUT2D eigenvalue weighted by atomic mass is 19.4. The van der Waals surface area contributed by atoms with Crippen LogP contribution < -0.4 is 4.90 Å². The van der Waals surface area contributed by atoms with Gasteiger partial charge in [-0.3, -0.25) is 14.6 Å². The summed E-state index contributed by atoms with van der Waals surface area (Å²) >= 11 is 0. The van der Waals surface area contributed by atoms with Crippen molar-refractivity contribution in [1.29, 1.82) is 0 Å². The fourth-order valence-corrected chi connectivity index (χ4v) is 2.31. The van der Waals surface area contributed by atoms with Crippen molar-refractivity contribution in [1.82, 2.24) is 9.88 Å². The Bertz CT molecular complexity index is 518. The minimum absolute atomic E-state index is 0.0682. The zero-order valence-corrected chi connectivity index (χ0v) is 12.0. The Morgan fingerprint density at radius 2 is 2.10 bits per heavy atom.